The van der Waals surface area contributed by atoms with E-state index in [9.17, 15) is 0 Å². The van der Waals surface area contributed by atoms with Crippen molar-refractivity contribution in [2.24, 2.45) is 10.8 Å². The van der Waals surface area contributed by atoms with Gasteiger partial charge in [0.2, 0.25) is 0 Å². The maximum Gasteiger partial charge on any atom is -0.0351 e. The Balaban J connectivity index is 3.78. The molecule has 16 heavy (non-hydrogen) atoms. The molecule has 0 spiro atoms. The summed E-state index contributed by atoms with van der Waals surface area (Å²) in [6.45, 7) is 14.2. The first-order chi connectivity index (χ1) is 7.33. The van der Waals surface area contributed by atoms with Crippen LogP contribution in [0.2, 0.25) is 0 Å². The zero-order valence-corrected chi connectivity index (χ0v) is 12.5. The Morgan fingerprint density at radius 2 is 1.25 bits per heavy atom. The predicted molar refractivity (Wildman–Crippen MR) is 75.5 cm³/mol. The molecule has 0 rings (SSSR count). The lowest BCUT2D eigenvalue weighted by Gasteiger charge is -2.28. The lowest BCUT2D eigenvalue weighted by atomic mass is 9.77. The standard InChI is InChI=1S/C16H33/c1-7-9-12-16(5,6)14-10-13-15(3,4)11-8-2/h10H,7-9,11-14H2,1-6H3. The summed E-state index contributed by atoms with van der Waals surface area (Å²) in [4.78, 5) is 0. The molecule has 0 atom stereocenters. The summed E-state index contributed by atoms with van der Waals surface area (Å²) in [6.07, 6.45) is 11.8. The molecule has 0 N–H and O–H groups in total. The second-order valence-electron chi connectivity index (χ2n) is 6.88. The highest BCUT2D eigenvalue weighted by atomic mass is 14.3. The molecular formula is C16H33. The van der Waals surface area contributed by atoms with Crippen LogP contribution in [-0.2, 0) is 0 Å². The van der Waals surface area contributed by atoms with Gasteiger partial charge in [0.05, 0.1) is 0 Å². The van der Waals surface area contributed by atoms with Crippen LogP contribution in [0.15, 0.2) is 0 Å². The van der Waals surface area contributed by atoms with E-state index in [1.54, 1.807) is 0 Å². The number of unbranched alkanes of at least 4 members (excludes halogenated alkanes) is 1. The van der Waals surface area contributed by atoms with E-state index in [0.717, 1.165) is 0 Å². The van der Waals surface area contributed by atoms with Crippen molar-refractivity contribution < 1.29 is 0 Å². The smallest absolute Gasteiger partial charge is 0.0351 e. The van der Waals surface area contributed by atoms with Crippen LogP contribution in [0.3, 0.4) is 0 Å². The van der Waals surface area contributed by atoms with Crippen molar-refractivity contribution in [3.05, 3.63) is 6.42 Å². The van der Waals surface area contributed by atoms with E-state index in [0.29, 0.717) is 10.8 Å². The van der Waals surface area contributed by atoms with Gasteiger partial charge in [-0.2, -0.15) is 0 Å². The van der Waals surface area contributed by atoms with Crippen molar-refractivity contribution in [3.8, 4) is 0 Å². The Bertz CT molecular complexity index is 165. The molecule has 0 aromatic heterocycles. The minimum absolute atomic E-state index is 0.510. The molecule has 1 radical (unpaired) electrons. The first-order valence-corrected chi connectivity index (χ1v) is 7.14. The molecule has 0 amide bonds. The van der Waals surface area contributed by atoms with Crippen molar-refractivity contribution in [3.63, 3.8) is 0 Å². The third-order valence-corrected chi connectivity index (χ3v) is 3.53. The van der Waals surface area contributed by atoms with Gasteiger partial charge in [0.1, 0.15) is 0 Å². The molecule has 0 bridgehead atoms. The Morgan fingerprint density at radius 3 is 1.69 bits per heavy atom. The molecule has 0 saturated heterocycles. The molecule has 0 fully saturated rings. The second kappa shape index (κ2) is 7.35. The minimum Gasteiger partial charge on any atom is -0.0654 e. The molecule has 0 aliphatic carbocycles. The van der Waals surface area contributed by atoms with Gasteiger partial charge >= 0.3 is 0 Å². The normalized spacial score (nSPS) is 13.1. The van der Waals surface area contributed by atoms with Gasteiger partial charge < -0.3 is 0 Å². The van der Waals surface area contributed by atoms with Gasteiger partial charge in [-0.15, -0.1) is 0 Å². The van der Waals surface area contributed by atoms with Crippen LogP contribution in [0.4, 0.5) is 0 Å². The number of rotatable bonds is 9. The third kappa shape index (κ3) is 8.19. The van der Waals surface area contributed by atoms with Gasteiger partial charge in [0, 0.05) is 0 Å². The molecule has 0 heterocycles. The maximum atomic E-state index is 2.53. The molecule has 0 aromatic rings. The molecule has 0 aliphatic rings. The fourth-order valence-electron chi connectivity index (χ4n) is 2.39. The summed E-state index contributed by atoms with van der Waals surface area (Å²) < 4.78 is 0. The van der Waals surface area contributed by atoms with E-state index in [4.69, 9.17) is 0 Å². The van der Waals surface area contributed by atoms with E-state index >= 15 is 0 Å². The average molecular weight is 225 g/mol. The Kier molecular flexibility index (Phi) is 7.35. The molecule has 97 valence electrons. The summed E-state index contributed by atoms with van der Waals surface area (Å²) in [5.41, 5.74) is 1.02. The lowest BCUT2D eigenvalue weighted by molar-refractivity contribution is 0.280. The highest BCUT2D eigenvalue weighted by Crippen LogP contribution is 2.34. The van der Waals surface area contributed by atoms with Gasteiger partial charge in [-0.1, -0.05) is 60.8 Å². The highest BCUT2D eigenvalue weighted by Gasteiger charge is 2.20. The molecule has 0 nitrogen and oxygen atoms in total. The first-order valence-electron chi connectivity index (χ1n) is 7.14. The van der Waals surface area contributed by atoms with Crippen molar-refractivity contribution in [2.75, 3.05) is 0 Å². The van der Waals surface area contributed by atoms with Crippen LogP contribution in [0.1, 0.15) is 86.5 Å². The zero-order chi connectivity index (χ0) is 12.7. The Labute approximate surface area is 104 Å². The maximum absolute atomic E-state index is 2.53. The fraction of sp³-hybridized carbons (Fsp3) is 0.938. The van der Waals surface area contributed by atoms with E-state index in [1.807, 2.05) is 0 Å². The van der Waals surface area contributed by atoms with E-state index < -0.39 is 0 Å². The van der Waals surface area contributed by atoms with Crippen molar-refractivity contribution in [1.82, 2.24) is 0 Å². The van der Waals surface area contributed by atoms with Crippen LogP contribution >= 0.6 is 0 Å². The van der Waals surface area contributed by atoms with E-state index in [2.05, 4.69) is 48.0 Å². The third-order valence-electron chi connectivity index (χ3n) is 3.53. The van der Waals surface area contributed by atoms with Crippen LogP contribution in [-0.4, -0.2) is 0 Å². The van der Waals surface area contributed by atoms with Gasteiger partial charge in [-0.3, -0.25) is 0 Å². The van der Waals surface area contributed by atoms with Gasteiger partial charge in [0.15, 0.2) is 0 Å². The minimum atomic E-state index is 0.510. The topological polar surface area (TPSA) is 0 Å². The van der Waals surface area contributed by atoms with E-state index in [-0.39, 0.29) is 0 Å². The largest absolute Gasteiger partial charge is 0.0654 e. The van der Waals surface area contributed by atoms with Crippen LogP contribution in [0, 0.1) is 17.3 Å². The summed E-state index contributed by atoms with van der Waals surface area (Å²) in [6, 6.07) is 0. The van der Waals surface area contributed by atoms with Crippen LogP contribution in [0.25, 0.3) is 0 Å². The summed E-state index contributed by atoms with van der Waals surface area (Å²) in [5.74, 6) is 0. The predicted octanol–water partition coefficient (Wildman–Crippen LogP) is 6.01. The monoisotopic (exact) mass is 225 g/mol. The summed E-state index contributed by atoms with van der Waals surface area (Å²) in [7, 11) is 0. The van der Waals surface area contributed by atoms with Gasteiger partial charge in [-0.05, 0) is 42.9 Å². The zero-order valence-electron chi connectivity index (χ0n) is 12.5. The molecule has 0 heteroatoms. The van der Waals surface area contributed by atoms with E-state index in [1.165, 1.54) is 44.9 Å². The van der Waals surface area contributed by atoms with Crippen LogP contribution in [0.5, 0.6) is 0 Å². The average Bonchev–Trinajstić information content (AvgIpc) is 2.14. The summed E-state index contributed by atoms with van der Waals surface area (Å²) in [5, 5.41) is 0. The molecular weight excluding hydrogens is 192 g/mol. The number of hydrogen-bond donors (Lipinski definition) is 0. The quantitative estimate of drug-likeness (QED) is 0.450. The van der Waals surface area contributed by atoms with Crippen molar-refractivity contribution in [1.29, 1.82) is 0 Å². The Morgan fingerprint density at radius 1 is 0.750 bits per heavy atom. The SMILES string of the molecule is CCCCC(C)(C)C[CH]CC(C)(C)CCC. The van der Waals surface area contributed by atoms with Gasteiger partial charge in [-0.25, -0.2) is 0 Å². The van der Waals surface area contributed by atoms with Crippen molar-refractivity contribution in [2.45, 2.75) is 86.5 Å². The molecule has 0 saturated carbocycles. The van der Waals surface area contributed by atoms with Crippen LogP contribution < -0.4 is 0 Å². The molecule has 0 aliphatic heterocycles. The fourth-order valence-corrected chi connectivity index (χ4v) is 2.39. The van der Waals surface area contributed by atoms with Crippen molar-refractivity contribution >= 4 is 0 Å². The molecule has 0 unspecified atom stereocenters. The number of hydrogen-bond acceptors (Lipinski definition) is 0. The second-order valence-corrected chi connectivity index (χ2v) is 6.88. The van der Waals surface area contributed by atoms with Gasteiger partial charge in [0.25, 0.3) is 0 Å². The first kappa shape index (κ1) is 16.0. The molecule has 0 aromatic carbocycles. The summed E-state index contributed by atoms with van der Waals surface area (Å²) >= 11 is 0. The lowest BCUT2D eigenvalue weighted by Crippen LogP contribution is -2.15. The highest BCUT2D eigenvalue weighted by molar-refractivity contribution is 4.83. The Hall–Kier alpha value is 0.